The molecule has 0 atom stereocenters. The summed E-state index contributed by atoms with van der Waals surface area (Å²) in [5, 5.41) is 21.8. The van der Waals surface area contributed by atoms with E-state index in [1.807, 2.05) is 12.1 Å². The van der Waals surface area contributed by atoms with E-state index < -0.39 is 11.9 Å². The number of hydrogen-bond donors (Lipinski definition) is 0. The van der Waals surface area contributed by atoms with E-state index in [4.69, 9.17) is 0 Å². The van der Waals surface area contributed by atoms with Crippen LogP contribution in [0.5, 0.6) is 0 Å². The Hall–Kier alpha value is -0.529. The van der Waals surface area contributed by atoms with Crippen molar-refractivity contribution in [1.82, 2.24) is 0 Å². The Bertz CT molecular complexity index is 538. The molecule has 120 valence electrons. The first-order chi connectivity index (χ1) is 10.6. The summed E-state index contributed by atoms with van der Waals surface area (Å²) >= 11 is 0. The fraction of sp³-hybridized carbons (Fsp3) is 0.444. The molecule has 0 heterocycles. The molecule has 23 heavy (non-hydrogen) atoms. The molecule has 0 N–H and O–H groups in total. The fourth-order valence-corrected chi connectivity index (χ4v) is 2.46. The molecule has 0 aliphatic heterocycles. The van der Waals surface area contributed by atoms with Crippen molar-refractivity contribution in [3.8, 4) is 0 Å². The van der Waals surface area contributed by atoms with Crippen molar-refractivity contribution in [2.75, 3.05) is 0 Å². The average molecular weight is 440 g/mol. The number of carboxylic acids is 2. The van der Waals surface area contributed by atoms with E-state index in [2.05, 4.69) is 6.92 Å². The number of rotatable bonds is 10. The second-order valence-electron chi connectivity index (χ2n) is 5.34. The number of carbonyl (C=O) groups is 2. The first-order valence-corrected chi connectivity index (χ1v) is 7.78. The van der Waals surface area contributed by atoms with Crippen LogP contribution in [0.25, 0.3) is 5.57 Å². The molecule has 0 bridgehead atoms. The van der Waals surface area contributed by atoms with Gasteiger partial charge in [0, 0.05) is 5.57 Å². The van der Waals surface area contributed by atoms with Gasteiger partial charge in [0.2, 0.25) is 0 Å². The van der Waals surface area contributed by atoms with E-state index in [9.17, 15) is 19.8 Å². The Morgan fingerprint density at radius 3 is 2.22 bits per heavy atom. The van der Waals surface area contributed by atoms with Gasteiger partial charge in [-0.3, -0.25) is 0 Å². The summed E-state index contributed by atoms with van der Waals surface area (Å²) in [6.45, 7) is 2.17. The van der Waals surface area contributed by atoms with Crippen LogP contribution in [0.1, 0.15) is 56.6 Å². The molecule has 0 radical (unpaired) electrons. The maximum absolute atomic E-state index is 11.2. The van der Waals surface area contributed by atoms with Crippen LogP contribution in [0.3, 0.4) is 0 Å². The summed E-state index contributed by atoms with van der Waals surface area (Å²) < 4.78 is 0. The van der Waals surface area contributed by atoms with Crippen molar-refractivity contribution in [2.24, 2.45) is 0 Å². The fourth-order valence-electron chi connectivity index (χ4n) is 2.46. The number of hydrogen-bond acceptors (Lipinski definition) is 4. The Labute approximate surface area is 178 Å². The third-order valence-electron chi connectivity index (χ3n) is 3.59. The van der Waals surface area contributed by atoms with E-state index in [1.165, 1.54) is 19.3 Å². The number of carbonyl (C=O) groups excluding carboxylic acids is 2. The summed E-state index contributed by atoms with van der Waals surface area (Å²) in [6, 6.07) is 6.94. The van der Waals surface area contributed by atoms with E-state index in [0.29, 0.717) is 11.6 Å². The first kappa shape index (κ1) is 22.5. The van der Waals surface area contributed by atoms with E-state index in [0.717, 1.165) is 31.2 Å². The topological polar surface area (TPSA) is 80.3 Å². The van der Waals surface area contributed by atoms with Gasteiger partial charge in [0.05, 0.1) is 11.9 Å². The van der Waals surface area contributed by atoms with Gasteiger partial charge < -0.3 is 19.8 Å². The van der Waals surface area contributed by atoms with Gasteiger partial charge in [-0.15, -0.1) is 0 Å². The van der Waals surface area contributed by atoms with Gasteiger partial charge in [-0.1, -0.05) is 63.3 Å². The van der Waals surface area contributed by atoms with Crippen LogP contribution in [-0.2, 0) is 16.0 Å². The molecular weight excluding hydrogens is 418 g/mol. The molecule has 1 aromatic carbocycles. The summed E-state index contributed by atoms with van der Waals surface area (Å²) in [6.07, 6.45) is 8.16. The molecule has 0 unspecified atom stereocenters. The second-order valence-corrected chi connectivity index (χ2v) is 5.34. The molecule has 1 rings (SSSR count). The molecule has 0 spiro atoms. The zero-order valence-corrected chi connectivity index (χ0v) is 18.1. The molecule has 0 amide bonds. The maximum atomic E-state index is 11.2. The Kier molecular flexibility index (Phi) is 12.5. The molecule has 0 aliphatic rings. The molecule has 5 heteroatoms. The molecule has 0 fully saturated rings. The number of carboxylic acid groups (broad SMARTS) is 2. The van der Waals surface area contributed by atoms with E-state index >= 15 is 0 Å². The average Bonchev–Trinajstić information content (AvgIpc) is 2.48. The van der Waals surface area contributed by atoms with Crippen molar-refractivity contribution < 1.29 is 19.8 Å². The van der Waals surface area contributed by atoms with Crippen LogP contribution in [0.2, 0.25) is 0 Å². The summed E-state index contributed by atoms with van der Waals surface area (Å²) in [5.74, 6) is -3.03. The van der Waals surface area contributed by atoms with Crippen LogP contribution >= 0.6 is 0 Å². The van der Waals surface area contributed by atoms with E-state index in [-0.39, 0.29) is 54.5 Å². The third kappa shape index (κ3) is 8.77. The largest absolute Gasteiger partial charge is 2.00 e. The number of benzene rings is 1. The molecule has 1 aromatic rings. The van der Waals surface area contributed by atoms with Crippen molar-refractivity contribution in [3.63, 3.8) is 0 Å². The minimum Gasteiger partial charge on any atom is -0.545 e. The summed E-state index contributed by atoms with van der Waals surface area (Å²) in [5.41, 5.74) is 0.900. The second kappa shape index (κ2) is 12.8. The molecular formula is C18H22BaO4. The van der Waals surface area contributed by atoms with Crippen molar-refractivity contribution in [1.29, 1.82) is 0 Å². The van der Waals surface area contributed by atoms with Crippen LogP contribution in [0.4, 0.5) is 0 Å². The molecule has 0 saturated carbocycles. The van der Waals surface area contributed by atoms with Gasteiger partial charge in [-0.2, -0.15) is 0 Å². The Morgan fingerprint density at radius 2 is 1.61 bits per heavy atom. The number of aryl methyl sites for hydroxylation is 1. The smallest absolute Gasteiger partial charge is 0.545 e. The van der Waals surface area contributed by atoms with Crippen molar-refractivity contribution in [2.45, 2.75) is 51.9 Å². The van der Waals surface area contributed by atoms with Crippen LogP contribution in [0, 0.1) is 0 Å². The number of unbranched alkanes of at least 4 members (excludes halogenated alkanes) is 5. The first-order valence-electron chi connectivity index (χ1n) is 7.78. The molecule has 0 aliphatic carbocycles. The van der Waals surface area contributed by atoms with E-state index in [1.54, 1.807) is 12.1 Å². The SMILES string of the molecule is CCCCCCCCc1ccccc1/C(=C/C(=O)[O-])C(=O)[O-].[Ba+2]. The zero-order valence-electron chi connectivity index (χ0n) is 13.7. The van der Waals surface area contributed by atoms with Gasteiger partial charge in [-0.05, 0) is 30.0 Å². The monoisotopic (exact) mass is 440 g/mol. The van der Waals surface area contributed by atoms with Gasteiger partial charge in [-0.25, -0.2) is 0 Å². The van der Waals surface area contributed by atoms with Crippen LogP contribution < -0.4 is 10.2 Å². The quantitative estimate of drug-likeness (QED) is 0.311. The number of aliphatic carboxylic acids is 2. The predicted octanol–water partition coefficient (Wildman–Crippen LogP) is 1.09. The third-order valence-corrected chi connectivity index (χ3v) is 3.59. The zero-order chi connectivity index (χ0) is 16.4. The van der Waals surface area contributed by atoms with Gasteiger partial charge >= 0.3 is 48.9 Å². The predicted molar refractivity (Wildman–Crippen MR) is 87.3 cm³/mol. The summed E-state index contributed by atoms with van der Waals surface area (Å²) in [7, 11) is 0. The maximum Gasteiger partial charge on any atom is 2.00 e. The van der Waals surface area contributed by atoms with Crippen molar-refractivity contribution in [3.05, 3.63) is 41.5 Å². The normalized spacial score (nSPS) is 10.9. The van der Waals surface area contributed by atoms with Gasteiger partial charge in [0.25, 0.3) is 0 Å². The summed E-state index contributed by atoms with van der Waals surface area (Å²) in [4.78, 5) is 21.8. The molecule has 0 aromatic heterocycles. The molecule has 0 saturated heterocycles. The standard InChI is InChI=1S/C18H24O4.Ba/c1-2-3-4-5-6-7-10-14-11-8-9-12-15(14)16(18(21)22)13-17(19)20;/h8-9,11-13H,2-7,10H2,1H3,(H,19,20)(H,21,22);/q;+2/p-2/b16-13-;. The minimum atomic E-state index is -1.53. The minimum absolute atomic E-state index is 0. The Balaban J connectivity index is 0.00000484. The Morgan fingerprint density at radius 1 is 1.00 bits per heavy atom. The van der Waals surface area contributed by atoms with Crippen LogP contribution in [-0.4, -0.2) is 60.8 Å². The van der Waals surface area contributed by atoms with Crippen LogP contribution in [0.15, 0.2) is 30.3 Å². The van der Waals surface area contributed by atoms with Gasteiger partial charge in [0.1, 0.15) is 0 Å². The van der Waals surface area contributed by atoms with Crippen molar-refractivity contribution >= 4 is 66.4 Å². The molecule has 4 nitrogen and oxygen atoms in total. The van der Waals surface area contributed by atoms with Gasteiger partial charge in [0.15, 0.2) is 0 Å².